The minimum Gasteiger partial charge on any atom is -0.494 e. The molecular formula is C23H30BrN7O3S. The number of nitrogens with one attached hydrogen (secondary N) is 3. The molecule has 4 rings (SSSR count). The summed E-state index contributed by atoms with van der Waals surface area (Å²) in [4.78, 5) is 13.6. The third-order valence-corrected chi connectivity index (χ3v) is 8.42. The maximum atomic E-state index is 12.5. The number of hydrogen-bond acceptors (Lipinski definition) is 9. The van der Waals surface area contributed by atoms with Gasteiger partial charge in [0.15, 0.2) is 0 Å². The molecule has 2 aliphatic rings. The van der Waals surface area contributed by atoms with Crippen molar-refractivity contribution in [3.8, 4) is 5.75 Å². The first-order chi connectivity index (χ1) is 16.8. The molecule has 1 aromatic heterocycles. The van der Waals surface area contributed by atoms with Gasteiger partial charge in [-0.05, 0) is 54.7 Å². The summed E-state index contributed by atoms with van der Waals surface area (Å²) in [6.07, 6.45) is 7.37. The van der Waals surface area contributed by atoms with Gasteiger partial charge >= 0.3 is 0 Å². The Hall–Kier alpha value is -2.67. The van der Waals surface area contributed by atoms with E-state index in [-0.39, 0.29) is 0 Å². The summed E-state index contributed by atoms with van der Waals surface area (Å²) in [5.74, 6) is 1.48. The summed E-state index contributed by atoms with van der Waals surface area (Å²) in [7, 11) is 1.66. The number of sulfonamides is 1. The summed E-state index contributed by atoms with van der Waals surface area (Å²) < 4.78 is 33.6. The smallest absolute Gasteiger partial charge is 0.229 e. The van der Waals surface area contributed by atoms with E-state index < -0.39 is 15.3 Å². The van der Waals surface area contributed by atoms with E-state index in [1.165, 1.54) is 7.05 Å². The second-order valence-electron chi connectivity index (χ2n) is 8.34. The van der Waals surface area contributed by atoms with Crippen LogP contribution in [0.15, 0.2) is 52.8 Å². The lowest BCUT2D eigenvalue weighted by Gasteiger charge is -2.34. The van der Waals surface area contributed by atoms with E-state index in [4.69, 9.17) is 4.74 Å². The van der Waals surface area contributed by atoms with Gasteiger partial charge in [-0.1, -0.05) is 12.2 Å². The Morgan fingerprint density at radius 2 is 1.94 bits per heavy atom. The molecular weight excluding hydrogens is 534 g/mol. The van der Waals surface area contributed by atoms with Crippen LogP contribution in [0.4, 0.5) is 23.1 Å². The first kappa shape index (κ1) is 25.4. The molecule has 2 heterocycles. The number of piperazine rings is 1. The molecule has 1 aliphatic heterocycles. The van der Waals surface area contributed by atoms with Crippen molar-refractivity contribution in [3.05, 3.63) is 52.8 Å². The summed E-state index contributed by atoms with van der Waals surface area (Å²) >= 11 is 3.46. The molecule has 0 saturated carbocycles. The van der Waals surface area contributed by atoms with Crippen LogP contribution in [0.5, 0.6) is 5.75 Å². The molecule has 0 spiro atoms. The maximum Gasteiger partial charge on any atom is 0.229 e. The number of halogens is 1. The Labute approximate surface area is 214 Å². The van der Waals surface area contributed by atoms with Crippen LogP contribution in [0, 0.1) is 0 Å². The van der Waals surface area contributed by atoms with Crippen molar-refractivity contribution in [2.75, 3.05) is 62.9 Å². The number of nitrogens with zero attached hydrogens (tertiary/aromatic N) is 4. The molecule has 12 heteroatoms. The van der Waals surface area contributed by atoms with Gasteiger partial charge in [0.25, 0.3) is 0 Å². The molecule has 1 aliphatic carbocycles. The zero-order valence-corrected chi connectivity index (χ0v) is 22.4. The van der Waals surface area contributed by atoms with E-state index in [9.17, 15) is 8.42 Å². The SMILES string of the molecule is CNS(=O)(=O)C1CC=CC=C1Nc1nc(Nc2ccc(N3CCN(C)CC3)cc2OC)ncc1Br. The predicted octanol–water partition coefficient (Wildman–Crippen LogP) is 2.92. The fourth-order valence-corrected chi connectivity index (χ4v) is 5.39. The van der Waals surface area contributed by atoms with Crippen molar-refractivity contribution in [3.63, 3.8) is 0 Å². The summed E-state index contributed by atoms with van der Waals surface area (Å²) in [5, 5.41) is 5.64. The molecule has 1 unspecified atom stereocenters. The number of methoxy groups -OCH3 is 1. The van der Waals surface area contributed by atoms with Gasteiger partial charge in [0.2, 0.25) is 16.0 Å². The van der Waals surface area contributed by atoms with Crippen LogP contribution in [0.1, 0.15) is 6.42 Å². The van der Waals surface area contributed by atoms with Crippen LogP contribution in [0.3, 0.4) is 0 Å². The fraction of sp³-hybridized carbons (Fsp3) is 0.391. The first-order valence-electron chi connectivity index (χ1n) is 11.3. The molecule has 1 aromatic carbocycles. The lowest BCUT2D eigenvalue weighted by Crippen LogP contribution is -2.44. The van der Waals surface area contributed by atoms with Gasteiger partial charge in [0.05, 0.1) is 17.3 Å². The van der Waals surface area contributed by atoms with Gasteiger partial charge in [0, 0.05) is 49.8 Å². The number of rotatable bonds is 8. The Balaban J connectivity index is 1.54. The van der Waals surface area contributed by atoms with Gasteiger partial charge in [0.1, 0.15) is 16.8 Å². The van der Waals surface area contributed by atoms with Crippen molar-refractivity contribution in [2.24, 2.45) is 0 Å². The molecule has 1 saturated heterocycles. The van der Waals surface area contributed by atoms with E-state index in [0.29, 0.717) is 34.1 Å². The standard InChI is InChI=1S/C23H30BrN7O3S/c1-25-35(32,33)21-7-5-4-6-19(21)27-22-17(24)15-26-23(29-22)28-18-9-8-16(14-20(18)34-3)31-12-10-30(2)11-13-31/h4-6,8-9,14-15,21,25H,7,10-13H2,1-3H3,(H2,26,27,28,29). The normalized spacial score (nSPS) is 18.8. The van der Waals surface area contributed by atoms with E-state index >= 15 is 0 Å². The van der Waals surface area contributed by atoms with Crippen molar-refractivity contribution in [1.29, 1.82) is 0 Å². The minimum atomic E-state index is -3.52. The van der Waals surface area contributed by atoms with Crippen molar-refractivity contribution in [1.82, 2.24) is 19.6 Å². The summed E-state index contributed by atoms with van der Waals surface area (Å²) in [5.41, 5.74) is 2.36. The van der Waals surface area contributed by atoms with Crippen molar-refractivity contribution >= 4 is 49.1 Å². The number of likely N-dealkylation sites (N-methyl/N-ethyl adjacent to an activating group) is 1. The fourth-order valence-electron chi connectivity index (χ4n) is 3.98. The molecule has 3 N–H and O–H groups in total. The molecule has 10 nitrogen and oxygen atoms in total. The van der Waals surface area contributed by atoms with Crippen LogP contribution in [0.25, 0.3) is 0 Å². The number of anilines is 4. The van der Waals surface area contributed by atoms with Crippen LogP contribution in [-0.4, -0.2) is 75.9 Å². The Kier molecular flexibility index (Phi) is 7.95. The van der Waals surface area contributed by atoms with Crippen LogP contribution in [0.2, 0.25) is 0 Å². The highest BCUT2D eigenvalue weighted by Crippen LogP contribution is 2.33. The highest BCUT2D eigenvalue weighted by Gasteiger charge is 2.29. The minimum absolute atomic E-state index is 0.348. The summed E-state index contributed by atoms with van der Waals surface area (Å²) in [6.45, 7) is 3.97. The van der Waals surface area contributed by atoms with Crippen LogP contribution in [-0.2, 0) is 10.0 Å². The van der Waals surface area contributed by atoms with Gasteiger partial charge in [-0.2, -0.15) is 4.98 Å². The molecule has 0 radical (unpaired) electrons. The molecule has 1 fully saturated rings. The molecule has 1 atom stereocenters. The maximum absolute atomic E-state index is 12.5. The Bertz CT molecular complexity index is 1230. The van der Waals surface area contributed by atoms with Crippen LogP contribution >= 0.6 is 15.9 Å². The number of hydrogen-bond donors (Lipinski definition) is 3. The molecule has 188 valence electrons. The largest absolute Gasteiger partial charge is 0.494 e. The molecule has 0 bridgehead atoms. The molecule has 0 amide bonds. The monoisotopic (exact) mass is 563 g/mol. The van der Waals surface area contributed by atoms with Gasteiger partial charge in [-0.25, -0.2) is 18.1 Å². The van der Waals surface area contributed by atoms with Gasteiger partial charge in [-0.3, -0.25) is 0 Å². The zero-order valence-electron chi connectivity index (χ0n) is 20.0. The average molecular weight is 565 g/mol. The quantitative estimate of drug-likeness (QED) is 0.446. The number of allylic oxidation sites excluding steroid dienone is 3. The van der Waals surface area contributed by atoms with Crippen LogP contribution < -0.4 is 25.0 Å². The predicted molar refractivity (Wildman–Crippen MR) is 143 cm³/mol. The Morgan fingerprint density at radius 1 is 1.17 bits per heavy atom. The average Bonchev–Trinajstić information content (AvgIpc) is 2.87. The first-order valence-corrected chi connectivity index (χ1v) is 13.6. The zero-order chi connectivity index (χ0) is 25.0. The Morgan fingerprint density at radius 3 is 2.66 bits per heavy atom. The highest BCUT2D eigenvalue weighted by molar-refractivity contribution is 9.10. The van der Waals surface area contributed by atoms with E-state index in [2.05, 4.69) is 64.2 Å². The third-order valence-electron chi connectivity index (χ3n) is 6.07. The summed E-state index contributed by atoms with van der Waals surface area (Å²) in [6, 6.07) is 6.02. The van der Waals surface area contributed by atoms with E-state index in [0.717, 1.165) is 37.6 Å². The second-order valence-corrected chi connectivity index (χ2v) is 11.3. The van der Waals surface area contributed by atoms with Crippen molar-refractivity contribution < 1.29 is 13.2 Å². The van der Waals surface area contributed by atoms with E-state index in [1.807, 2.05) is 24.3 Å². The second kappa shape index (κ2) is 10.9. The van der Waals surface area contributed by atoms with E-state index in [1.54, 1.807) is 19.4 Å². The van der Waals surface area contributed by atoms with Gasteiger partial charge in [-0.15, -0.1) is 0 Å². The lowest BCUT2D eigenvalue weighted by atomic mass is 10.1. The molecule has 2 aromatic rings. The number of ether oxygens (including phenoxy) is 1. The topological polar surface area (TPSA) is 112 Å². The number of benzene rings is 1. The molecule has 35 heavy (non-hydrogen) atoms. The van der Waals surface area contributed by atoms with Crippen molar-refractivity contribution in [2.45, 2.75) is 11.7 Å². The van der Waals surface area contributed by atoms with Gasteiger partial charge < -0.3 is 25.2 Å². The lowest BCUT2D eigenvalue weighted by molar-refractivity contribution is 0.312. The highest BCUT2D eigenvalue weighted by atomic mass is 79.9. The number of aromatic nitrogens is 2. The third kappa shape index (κ3) is 5.95.